The summed E-state index contributed by atoms with van der Waals surface area (Å²) in [5.41, 5.74) is 0. The van der Waals surface area contributed by atoms with E-state index < -0.39 is 0 Å². The number of nitrogens with zero attached hydrogens (tertiary/aromatic N) is 4. The Labute approximate surface area is 108 Å². The summed E-state index contributed by atoms with van der Waals surface area (Å²) in [4.78, 5) is 16.0. The molecule has 6 nitrogen and oxygen atoms in total. The molecule has 3 heterocycles. The lowest BCUT2D eigenvalue weighted by atomic mass is 10.3. The van der Waals surface area contributed by atoms with Crippen LogP contribution in [0.5, 0.6) is 0 Å². The van der Waals surface area contributed by atoms with Crippen LogP contribution in [0, 0.1) is 0 Å². The van der Waals surface area contributed by atoms with Gasteiger partial charge in [0.25, 0.3) is 5.91 Å². The third kappa shape index (κ3) is 2.08. The van der Waals surface area contributed by atoms with Crippen LogP contribution in [0.2, 0.25) is 0 Å². The zero-order chi connectivity index (χ0) is 12.4. The van der Waals surface area contributed by atoms with Gasteiger partial charge in [-0.05, 0) is 12.1 Å². The molecule has 0 unspecified atom stereocenters. The van der Waals surface area contributed by atoms with Crippen molar-refractivity contribution in [2.75, 3.05) is 31.1 Å². The monoisotopic (exact) mass is 264 g/mol. The van der Waals surface area contributed by atoms with E-state index in [0.29, 0.717) is 18.8 Å². The molecule has 1 saturated heterocycles. The van der Waals surface area contributed by atoms with E-state index >= 15 is 0 Å². The lowest BCUT2D eigenvalue weighted by Gasteiger charge is -2.34. The van der Waals surface area contributed by atoms with Gasteiger partial charge in [-0.25, -0.2) is 0 Å². The number of aromatic nitrogens is 2. The fourth-order valence-corrected chi connectivity index (χ4v) is 2.43. The van der Waals surface area contributed by atoms with Crippen LogP contribution < -0.4 is 4.90 Å². The number of piperazine rings is 1. The lowest BCUT2D eigenvalue weighted by molar-refractivity contribution is 0.0714. The van der Waals surface area contributed by atoms with Crippen LogP contribution in [0.15, 0.2) is 29.0 Å². The summed E-state index contributed by atoms with van der Waals surface area (Å²) >= 11 is 1.20. The molecule has 0 spiro atoms. The molecule has 2 aromatic rings. The molecular formula is C11H12N4O2S. The fourth-order valence-electron chi connectivity index (χ4n) is 1.99. The first kappa shape index (κ1) is 11.2. The molecule has 0 atom stereocenters. The largest absolute Gasteiger partial charge is 0.459 e. The first-order chi connectivity index (χ1) is 8.84. The van der Waals surface area contributed by atoms with Crippen molar-refractivity contribution in [2.24, 2.45) is 0 Å². The molecule has 18 heavy (non-hydrogen) atoms. The van der Waals surface area contributed by atoms with Crippen LogP contribution in [0.4, 0.5) is 5.82 Å². The van der Waals surface area contributed by atoms with Gasteiger partial charge in [0.15, 0.2) is 11.6 Å². The molecule has 0 bridgehead atoms. The number of rotatable bonds is 2. The zero-order valence-corrected chi connectivity index (χ0v) is 10.5. The van der Waals surface area contributed by atoms with Crippen molar-refractivity contribution >= 4 is 23.5 Å². The van der Waals surface area contributed by atoms with Crippen molar-refractivity contribution in [2.45, 2.75) is 0 Å². The Morgan fingerprint density at radius 3 is 2.78 bits per heavy atom. The van der Waals surface area contributed by atoms with Gasteiger partial charge in [0.1, 0.15) is 0 Å². The maximum atomic E-state index is 12.0. The number of hydrogen-bond donors (Lipinski definition) is 0. The van der Waals surface area contributed by atoms with E-state index in [2.05, 4.69) is 13.6 Å². The third-order valence-electron chi connectivity index (χ3n) is 2.97. The summed E-state index contributed by atoms with van der Waals surface area (Å²) in [5.74, 6) is 1.25. The molecule has 0 aromatic carbocycles. The van der Waals surface area contributed by atoms with Gasteiger partial charge in [-0.1, -0.05) is 0 Å². The van der Waals surface area contributed by atoms with Crippen LogP contribution >= 0.6 is 11.7 Å². The first-order valence-corrected chi connectivity index (χ1v) is 6.43. The highest BCUT2D eigenvalue weighted by molar-refractivity contribution is 6.99. The minimum absolute atomic E-state index is 0.0453. The minimum atomic E-state index is -0.0453. The van der Waals surface area contributed by atoms with Gasteiger partial charge in [0.2, 0.25) is 0 Å². The van der Waals surface area contributed by atoms with Crippen LogP contribution in [0.1, 0.15) is 10.6 Å². The molecule has 1 fully saturated rings. The molecule has 94 valence electrons. The topological polar surface area (TPSA) is 62.5 Å². The van der Waals surface area contributed by atoms with E-state index in [-0.39, 0.29) is 5.91 Å². The Kier molecular flexibility index (Phi) is 2.97. The van der Waals surface area contributed by atoms with Gasteiger partial charge in [-0.3, -0.25) is 4.79 Å². The number of carbonyl (C=O) groups is 1. The predicted octanol–water partition coefficient (Wildman–Crippen LogP) is 1.09. The molecule has 3 rings (SSSR count). The number of amides is 1. The first-order valence-electron chi connectivity index (χ1n) is 5.70. The molecule has 1 amide bonds. The van der Waals surface area contributed by atoms with Gasteiger partial charge >= 0.3 is 0 Å². The van der Waals surface area contributed by atoms with E-state index in [9.17, 15) is 4.79 Å². The van der Waals surface area contributed by atoms with Crippen LogP contribution in [0.3, 0.4) is 0 Å². The summed E-state index contributed by atoms with van der Waals surface area (Å²) in [6.45, 7) is 2.91. The van der Waals surface area contributed by atoms with E-state index in [4.69, 9.17) is 4.42 Å². The molecule has 1 aliphatic rings. The van der Waals surface area contributed by atoms with Crippen molar-refractivity contribution < 1.29 is 9.21 Å². The second-order valence-corrected chi connectivity index (χ2v) is 4.58. The standard InChI is InChI=1S/C11H12N4O2S/c16-11(9-2-1-7-17-9)15-5-3-14(4-6-15)10-8-12-18-13-10/h1-2,7-8H,3-6H2. The highest BCUT2D eigenvalue weighted by atomic mass is 32.1. The average molecular weight is 264 g/mol. The van der Waals surface area contributed by atoms with Gasteiger partial charge < -0.3 is 14.2 Å². The van der Waals surface area contributed by atoms with Crippen LogP contribution in [-0.4, -0.2) is 45.7 Å². The van der Waals surface area contributed by atoms with E-state index in [1.807, 2.05) is 0 Å². The summed E-state index contributed by atoms with van der Waals surface area (Å²) in [6, 6.07) is 3.42. The molecule has 0 aliphatic carbocycles. The van der Waals surface area contributed by atoms with Gasteiger partial charge in [-0.2, -0.15) is 8.75 Å². The lowest BCUT2D eigenvalue weighted by Crippen LogP contribution is -2.48. The number of anilines is 1. The summed E-state index contributed by atoms with van der Waals surface area (Å²) in [7, 11) is 0. The SMILES string of the molecule is O=C(c1ccco1)N1CCN(c2cnsn2)CC1. The maximum absolute atomic E-state index is 12.0. The Balaban J connectivity index is 1.62. The Bertz CT molecular complexity index is 503. The van der Waals surface area contributed by atoms with E-state index in [1.165, 1.54) is 18.0 Å². The van der Waals surface area contributed by atoms with Gasteiger partial charge in [-0.15, -0.1) is 0 Å². The third-order valence-corrected chi connectivity index (χ3v) is 3.44. The van der Waals surface area contributed by atoms with Gasteiger partial charge in [0.05, 0.1) is 24.2 Å². The van der Waals surface area contributed by atoms with Crippen LogP contribution in [0.25, 0.3) is 0 Å². The minimum Gasteiger partial charge on any atom is -0.459 e. The second kappa shape index (κ2) is 4.77. The van der Waals surface area contributed by atoms with E-state index in [1.54, 1.807) is 23.2 Å². The average Bonchev–Trinajstić information content (AvgIpc) is 3.11. The molecule has 1 aliphatic heterocycles. The normalized spacial score (nSPS) is 16.0. The van der Waals surface area contributed by atoms with Crippen molar-refractivity contribution in [3.05, 3.63) is 30.4 Å². The fraction of sp³-hybridized carbons (Fsp3) is 0.364. The van der Waals surface area contributed by atoms with Crippen LogP contribution in [-0.2, 0) is 0 Å². The second-order valence-electron chi connectivity index (χ2n) is 4.02. The summed E-state index contributed by atoms with van der Waals surface area (Å²) in [5, 5.41) is 0. The smallest absolute Gasteiger partial charge is 0.289 e. The highest BCUT2D eigenvalue weighted by Gasteiger charge is 2.24. The zero-order valence-electron chi connectivity index (χ0n) is 9.65. The molecule has 0 N–H and O–H groups in total. The molecular weight excluding hydrogens is 252 g/mol. The maximum Gasteiger partial charge on any atom is 0.289 e. The quantitative estimate of drug-likeness (QED) is 0.812. The Morgan fingerprint density at radius 2 is 2.17 bits per heavy atom. The molecule has 7 heteroatoms. The van der Waals surface area contributed by atoms with Crippen molar-refractivity contribution in [1.82, 2.24) is 13.6 Å². The Morgan fingerprint density at radius 1 is 1.33 bits per heavy atom. The van der Waals surface area contributed by atoms with Gasteiger partial charge in [0, 0.05) is 26.2 Å². The highest BCUT2D eigenvalue weighted by Crippen LogP contribution is 2.15. The Hall–Kier alpha value is -1.89. The van der Waals surface area contributed by atoms with Crippen molar-refractivity contribution in [3.8, 4) is 0 Å². The predicted molar refractivity (Wildman–Crippen MR) is 66.7 cm³/mol. The summed E-state index contributed by atoms with van der Waals surface area (Å²) in [6.07, 6.45) is 3.28. The summed E-state index contributed by atoms with van der Waals surface area (Å²) < 4.78 is 13.3. The van der Waals surface area contributed by atoms with E-state index in [0.717, 1.165) is 18.9 Å². The van der Waals surface area contributed by atoms with Crippen molar-refractivity contribution in [1.29, 1.82) is 0 Å². The molecule has 0 radical (unpaired) electrons. The number of furan rings is 1. The molecule has 0 saturated carbocycles. The number of hydrogen-bond acceptors (Lipinski definition) is 6. The van der Waals surface area contributed by atoms with Crippen molar-refractivity contribution in [3.63, 3.8) is 0 Å². The number of carbonyl (C=O) groups excluding carboxylic acids is 1. The molecule has 2 aromatic heterocycles.